The average Bonchev–Trinajstić information content (AvgIpc) is 4.02. The van der Waals surface area contributed by atoms with Crippen molar-refractivity contribution in [2.75, 3.05) is 0 Å². The predicted octanol–water partition coefficient (Wildman–Crippen LogP) is 16.5. The lowest BCUT2D eigenvalue weighted by Gasteiger charge is -2.18. The number of hydrogen-bond donors (Lipinski definition) is 0. The summed E-state index contributed by atoms with van der Waals surface area (Å²) in [6.07, 6.45) is 0. The standard InChI is InChI=1S/C63H40N4O/c1-5-18-44(19-6-1)58-59(46-20-7-2-8-21-46)66-67-60(47-22-9-3-10-23-47)57(51-27-13-14-28-52(51)61(58)67)45-38-36-43(37-39-45)55-40-54(64-63(65-55)48-24-11-4-12-25-48)42-34-32-41(33-35-42)49-29-17-30-53-50-26-15-16-31-56(50)68-62(49)53/h1-40H. The summed E-state index contributed by atoms with van der Waals surface area (Å²) in [5.74, 6) is 0.670. The molecule has 0 saturated carbocycles. The molecule has 13 aromatic rings. The summed E-state index contributed by atoms with van der Waals surface area (Å²) >= 11 is 0. The summed E-state index contributed by atoms with van der Waals surface area (Å²) in [5, 5.41) is 10.1. The van der Waals surface area contributed by atoms with Crippen LogP contribution in [0.3, 0.4) is 0 Å². The largest absolute Gasteiger partial charge is 0.455 e. The molecule has 68 heavy (non-hydrogen) atoms. The van der Waals surface area contributed by atoms with Gasteiger partial charge in [-0.1, -0.05) is 231 Å². The van der Waals surface area contributed by atoms with E-state index in [0.29, 0.717) is 5.82 Å². The second-order valence-corrected chi connectivity index (χ2v) is 17.1. The van der Waals surface area contributed by atoms with Crippen molar-refractivity contribution in [3.8, 4) is 89.8 Å². The van der Waals surface area contributed by atoms with Gasteiger partial charge in [0.05, 0.1) is 22.6 Å². The van der Waals surface area contributed by atoms with Crippen LogP contribution in [0, 0.1) is 0 Å². The normalized spacial score (nSPS) is 11.5. The monoisotopic (exact) mass is 868 g/mol. The third-order valence-electron chi connectivity index (χ3n) is 13.1. The molecule has 0 saturated heterocycles. The van der Waals surface area contributed by atoms with E-state index >= 15 is 0 Å². The molecule has 0 amide bonds. The number of aromatic nitrogens is 4. The number of para-hydroxylation sites is 2. The summed E-state index contributed by atoms with van der Waals surface area (Å²) < 4.78 is 8.59. The van der Waals surface area contributed by atoms with E-state index in [-0.39, 0.29) is 0 Å². The minimum Gasteiger partial charge on any atom is -0.455 e. The number of nitrogens with zero attached hydrogens (tertiary/aromatic N) is 4. The van der Waals surface area contributed by atoms with Crippen LogP contribution in [0.25, 0.3) is 128 Å². The molecule has 0 aliphatic heterocycles. The molecule has 318 valence electrons. The fourth-order valence-electron chi connectivity index (χ4n) is 9.86. The summed E-state index contributed by atoms with van der Waals surface area (Å²) in [4.78, 5) is 10.4. The Bertz CT molecular complexity index is 3970. The highest BCUT2D eigenvalue weighted by atomic mass is 16.3. The Morgan fingerprint density at radius 3 is 1.47 bits per heavy atom. The van der Waals surface area contributed by atoms with Crippen LogP contribution in [0.2, 0.25) is 0 Å². The van der Waals surface area contributed by atoms with Gasteiger partial charge >= 0.3 is 0 Å². The minimum absolute atomic E-state index is 0.670. The minimum atomic E-state index is 0.670. The van der Waals surface area contributed by atoms with E-state index in [1.807, 2.05) is 30.3 Å². The van der Waals surface area contributed by atoms with Crippen LogP contribution in [0.15, 0.2) is 247 Å². The van der Waals surface area contributed by atoms with Crippen molar-refractivity contribution >= 4 is 38.2 Å². The quantitative estimate of drug-likeness (QED) is 0.153. The van der Waals surface area contributed by atoms with Gasteiger partial charge in [-0.3, -0.25) is 0 Å². The first kappa shape index (κ1) is 39.2. The van der Waals surface area contributed by atoms with E-state index in [9.17, 15) is 0 Å². The molecule has 5 heteroatoms. The van der Waals surface area contributed by atoms with Gasteiger partial charge < -0.3 is 4.42 Å². The van der Waals surface area contributed by atoms with Gasteiger partial charge in [-0.25, -0.2) is 14.5 Å². The molecule has 0 spiro atoms. The first-order valence-electron chi connectivity index (χ1n) is 22.9. The molecule has 0 aliphatic rings. The Hall–Kier alpha value is -9.19. The van der Waals surface area contributed by atoms with Crippen molar-refractivity contribution in [1.82, 2.24) is 19.6 Å². The molecular formula is C63H40N4O. The van der Waals surface area contributed by atoms with Gasteiger partial charge in [-0.15, -0.1) is 0 Å². The van der Waals surface area contributed by atoms with Crippen molar-refractivity contribution in [3.63, 3.8) is 0 Å². The second-order valence-electron chi connectivity index (χ2n) is 17.1. The van der Waals surface area contributed by atoms with Crippen LogP contribution in [0.5, 0.6) is 0 Å². The number of fused-ring (bicyclic) bond motifs is 6. The van der Waals surface area contributed by atoms with Gasteiger partial charge in [0.15, 0.2) is 5.82 Å². The second kappa shape index (κ2) is 16.4. The molecule has 4 aromatic heterocycles. The molecule has 0 aliphatic carbocycles. The number of benzene rings is 9. The van der Waals surface area contributed by atoms with Crippen molar-refractivity contribution in [3.05, 3.63) is 243 Å². The van der Waals surface area contributed by atoms with E-state index in [2.05, 4.69) is 217 Å². The number of rotatable bonds is 8. The van der Waals surface area contributed by atoms with E-state index in [1.165, 1.54) is 0 Å². The Kier molecular flexibility index (Phi) is 9.43. The van der Waals surface area contributed by atoms with Gasteiger partial charge in [0.1, 0.15) is 16.9 Å². The Morgan fingerprint density at radius 1 is 0.338 bits per heavy atom. The molecule has 0 bridgehead atoms. The van der Waals surface area contributed by atoms with E-state index in [1.54, 1.807) is 0 Å². The summed E-state index contributed by atoms with van der Waals surface area (Å²) in [6.45, 7) is 0. The lowest BCUT2D eigenvalue weighted by atomic mass is 9.91. The highest BCUT2D eigenvalue weighted by Crippen LogP contribution is 2.46. The van der Waals surface area contributed by atoms with Crippen LogP contribution in [0.4, 0.5) is 0 Å². The topological polar surface area (TPSA) is 56.2 Å². The van der Waals surface area contributed by atoms with E-state index in [4.69, 9.17) is 19.5 Å². The highest BCUT2D eigenvalue weighted by molar-refractivity contribution is 6.15. The van der Waals surface area contributed by atoms with Crippen molar-refractivity contribution < 1.29 is 4.42 Å². The Labute approximate surface area is 392 Å². The van der Waals surface area contributed by atoms with Crippen molar-refractivity contribution in [2.24, 2.45) is 0 Å². The van der Waals surface area contributed by atoms with Crippen LogP contribution >= 0.6 is 0 Å². The molecule has 0 atom stereocenters. The smallest absolute Gasteiger partial charge is 0.160 e. The number of pyridine rings is 1. The van der Waals surface area contributed by atoms with Crippen LogP contribution in [-0.2, 0) is 0 Å². The molecule has 0 unspecified atom stereocenters. The van der Waals surface area contributed by atoms with Gasteiger partial charge in [0, 0.05) is 60.7 Å². The average molecular weight is 869 g/mol. The van der Waals surface area contributed by atoms with Gasteiger partial charge in [0.2, 0.25) is 0 Å². The van der Waals surface area contributed by atoms with Crippen LogP contribution in [0.1, 0.15) is 0 Å². The molecular weight excluding hydrogens is 829 g/mol. The zero-order valence-corrected chi connectivity index (χ0v) is 36.8. The SMILES string of the molecule is c1ccc(-c2nc(-c3ccc(-c4c(-c5ccccc5)n5nc(-c6ccccc6)c(-c6ccccc6)c5c5ccccc45)cc3)cc(-c3ccc(-c4cccc5c4oc4ccccc45)cc3)n2)cc1. The lowest BCUT2D eigenvalue weighted by Crippen LogP contribution is -2.00. The fraction of sp³-hybridized carbons (Fsp3) is 0. The maximum Gasteiger partial charge on any atom is 0.160 e. The molecule has 5 nitrogen and oxygen atoms in total. The molecule has 0 radical (unpaired) electrons. The first-order chi connectivity index (χ1) is 33.7. The predicted molar refractivity (Wildman–Crippen MR) is 279 cm³/mol. The third-order valence-corrected chi connectivity index (χ3v) is 13.1. The number of hydrogen-bond acceptors (Lipinski definition) is 4. The molecule has 4 heterocycles. The highest BCUT2D eigenvalue weighted by Gasteiger charge is 2.25. The zero-order chi connectivity index (χ0) is 45.0. The summed E-state index contributed by atoms with van der Waals surface area (Å²) in [5.41, 5.74) is 18.2. The number of furan rings is 1. The van der Waals surface area contributed by atoms with E-state index < -0.39 is 0 Å². The summed E-state index contributed by atoms with van der Waals surface area (Å²) in [7, 11) is 0. The maximum absolute atomic E-state index is 6.40. The summed E-state index contributed by atoms with van der Waals surface area (Å²) in [6, 6.07) is 85.0. The third kappa shape index (κ3) is 6.68. The molecule has 13 rings (SSSR count). The van der Waals surface area contributed by atoms with Crippen molar-refractivity contribution in [2.45, 2.75) is 0 Å². The van der Waals surface area contributed by atoms with Crippen LogP contribution in [-0.4, -0.2) is 19.6 Å². The maximum atomic E-state index is 6.40. The fourth-order valence-corrected chi connectivity index (χ4v) is 9.86. The molecule has 9 aromatic carbocycles. The lowest BCUT2D eigenvalue weighted by molar-refractivity contribution is 0.670. The van der Waals surface area contributed by atoms with Crippen molar-refractivity contribution in [1.29, 1.82) is 0 Å². The zero-order valence-electron chi connectivity index (χ0n) is 36.8. The Balaban J connectivity index is 0.960. The first-order valence-corrected chi connectivity index (χ1v) is 22.9. The van der Waals surface area contributed by atoms with Gasteiger partial charge in [-0.05, 0) is 34.2 Å². The van der Waals surface area contributed by atoms with Crippen LogP contribution < -0.4 is 0 Å². The molecule has 0 N–H and O–H groups in total. The molecule has 0 fully saturated rings. The van der Waals surface area contributed by atoms with Gasteiger partial charge in [0.25, 0.3) is 0 Å². The van der Waals surface area contributed by atoms with Gasteiger partial charge in [-0.2, -0.15) is 5.10 Å². The van der Waals surface area contributed by atoms with E-state index in [0.717, 1.165) is 122 Å². The Morgan fingerprint density at radius 2 is 0.824 bits per heavy atom.